The largest absolute Gasteiger partial charge is 0.356 e. The summed E-state index contributed by atoms with van der Waals surface area (Å²) in [7, 11) is 0. The van der Waals surface area contributed by atoms with Crippen LogP contribution in [0.25, 0.3) is 0 Å². The molecule has 2 aliphatic heterocycles. The van der Waals surface area contributed by atoms with E-state index in [1.807, 2.05) is 36.6 Å². The molecule has 0 bridgehead atoms. The summed E-state index contributed by atoms with van der Waals surface area (Å²) in [4.78, 5) is 46.7. The molecule has 2 aliphatic rings. The van der Waals surface area contributed by atoms with Crippen molar-refractivity contribution in [2.75, 3.05) is 18.0 Å². The van der Waals surface area contributed by atoms with E-state index >= 15 is 0 Å². The van der Waals surface area contributed by atoms with Gasteiger partial charge >= 0.3 is 0 Å². The van der Waals surface area contributed by atoms with E-state index in [0.717, 1.165) is 16.3 Å². The Morgan fingerprint density at radius 1 is 1.06 bits per heavy atom. The Kier molecular flexibility index (Phi) is 5.22. The lowest BCUT2D eigenvalue weighted by Crippen LogP contribution is -2.49. The molecule has 0 aliphatic carbocycles. The van der Waals surface area contributed by atoms with Gasteiger partial charge in [0.15, 0.2) is 0 Å². The van der Waals surface area contributed by atoms with E-state index < -0.39 is 6.17 Å². The van der Waals surface area contributed by atoms with Crippen molar-refractivity contribution >= 4 is 34.7 Å². The minimum Gasteiger partial charge on any atom is -0.356 e. The highest BCUT2D eigenvalue weighted by molar-refractivity contribution is 7.09. The number of benzene rings is 2. The third-order valence-corrected chi connectivity index (χ3v) is 6.82. The first-order chi connectivity index (χ1) is 15.5. The first-order valence-electron chi connectivity index (χ1n) is 10.5. The fourth-order valence-corrected chi connectivity index (χ4v) is 5.11. The number of aryl methyl sites for hydroxylation is 1. The Morgan fingerprint density at radius 2 is 1.81 bits per heavy atom. The maximum absolute atomic E-state index is 13.3. The molecule has 1 unspecified atom stereocenters. The normalized spacial score (nSPS) is 16.6. The second-order valence-corrected chi connectivity index (χ2v) is 8.83. The monoisotopic (exact) mass is 446 g/mol. The molecule has 3 aromatic rings. The van der Waals surface area contributed by atoms with Gasteiger partial charge in [0.25, 0.3) is 11.8 Å². The summed E-state index contributed by atoms with van der Waals surface area (Å²) in [6.07, 6.45) is 0.302. The zero-order valence-electron chi connectivity index (χ0n) is 17.6. The standard InChI is InChI=1S/C24H22N4O3S/c1-15-14-32-21(26-15)10-12-25-20(29)11-13-27-22-16-6-2-3-7-17(16)24(31)28(22)19-9-5-4-8-18(19)23(27)30/h2-9,14,22H,10-13H2,1H3,(H,25,29). The summed E-state index contributed by atoms with van der Waals surface area (Å²) >= 11 is 1.58. The molecule has 8 heteroatoms. The topological polar surface area (TPSA) is 82.6 Å². The summed E-state index contributed by atoms with van der Waals surface area (Å²) in [6.45, 7) is 2.67. The molecule has 0 spiro atoms. The van der Waals surface area contributed by atoms with Crippen molar-refractivity contribution < 1.29 is 14.4 Å². The van der Waals surface area contributed by atoms with E-state index in [1.165, 1.54) is 0 Å². The van der Waals surface area contributed by atoms with Crippen molar-refractivity contribution in [1.29, 1.82) is 0 Å². The fourth-order valence-electron chi connectivity index (χ4n) is 4.34. The van der Waals surface area contributed by atoms with Crippen LogP contribution in [0.4, 0.5) is 5.69 Å². The van der Waals surface area contributed by atoms with Gasteiger partial charge in [0.05, 0.1) is 16.3 Å². The van der Waals surface area contributed by atoms with Crippen LogP contribution in [0.1, 0.15) is 49.6 Å². The Hall–Kier alpha value is -3.52. The Morgan fingerprint density at radius 3 is 2.59 bits per heavy atom. The Labute approximate surface area is 189 Å². The molecular weight excluding hydrogens is 424 g/mol. The van der Waals surface area contributed by atoms with E-state index in [-0.39, 0.29) is 30.7 Å². The molecule has 3 heterocycles. The molecule has 0 saturated heterocycles. The van der Waals surface area contributed by atoms with Gasteiger partial charge in [-0.25, -0.2) is 4.98 Å². The van der Waals surface area contributed by atoms with Gasteiger partial charge < -0.3 is 10.2 Å². The molecule has 1 aromatic heterocycles. The van der Waals surface area contributed by atoms with Crippen LogP contribution in [0.3, 0.4) is 0 Å². The lowest BCUT2D eigenvalue weighted by Gasteiger charge is -2.40. The fraction of sp³-hybridized carbons (Fsp3) is 0.250. The first-order valence-corrected chi connectivity index (χ1v) is 11.4. The summed E-state index contributed by atoms with van der Waals surface area (Å²) in [5.74, 6) is -0.426. The third kappa shape index (κ3) is 3.46. The van der Waals surface area contributed by atoms with Gasteiger partial charge in [-0.1, -0.05) is 30.3 Å². The number of carbonyl (C=O) groups excluding carboxylic acids is 3. The van der Waals surface area contributed by atoms with Crippen molar-refractivity contribution in [2.24, 2.45) is 0 Å². The number of amides is 3. The number of rotatable bonds is 6. The van der Waals surface area contributed by atoms with E-state index in [0.29, 0.717) is 29.8 Å². The molecular formula is C24H22N4O3S. The van der Waals surface area contributed by atoms with E-state index in [9.17, 15) is 14.4 Å². The number of fused-ring (bicyclic) bond motifs is 5. The van der Waals surface area contributed by atoms with E-state index in [2.05, 4.69) is 10.3 Å². The summed E-state index contributed by atoms with van der Waals surface area (Å²) in [5.41, 5.74) is 3.46. The number of nitrogens with zero attached hydrogens (tertiary/aromatic N) is 3. The smallest absolute Gasteiger partial charge is 0.260 e. The van der Waals surface area contributed by atoms with Crippen LogP contribution in [0.2, 0.25) is 0 Å². The number of thiazole rings is 1. The highest BCUT2D eigenvalue weighted by atomic mass is 32.1. The molecule has 162 valence electrons. The lowest BCUT2D eigenvalue weighted by atomic mass is 10.0. The minimum absolute atomic E-state index is 0.126. The number of nitrogens with one attached hydrogen (secondary N) is 1. The number of hydrogen-bond acceptors (Lipinski definition) is 5. The zero-order valence-corrected chi connectivity index (χ0v) is 18.4. The predicted octanol–water partition coefficient (Wildman–Crippen LogP) is 3.32. The van der Waals surface area contributed by atoms with Crippen LogP contribution in [0.15, 0.2) is 53.9 Å². The number of hydrogen-bond donors (Lipinski definition) is 1. The molecule has 32 heavy (non-hydrogen) atoms. The molecule has 0 radical (unpaired) electrons. The van der Waals surface area contributed by atoms with Gasteiger partial charge in [0.1, 0.15) is 6.17 Å². The van der Waals surface area contributed by atoms with Gasteiger partial charge in [-0.3, -0.25) is 19.3 Å². The number of anilines is 1. The van der Waals surface area contributed by atoms with Crippen molar-refractivity contribution in [2.45, 2.75) is 25.9 Å². The number of aromatic nitrogens is 1. The Bertz CT molecular complexity index is 1220. The minimum atomic E-state index is -0.535. The van der Waals surface area contributed by atoms with Gasteiger partial charge in [-0.05, 0) is 25.1 Å². The SMILES string of the molecule is Cc1csc(CCNC(=O)CCN2C(=O)c3ccccc3N3C(=O)c4ccccc4C23)n1. The first kappa shape index (κ1) is 20.4. The van der Waals surface area contributed by atoms with E-state index in [4.69, 9.17) is 0 Å². The van der Waals surface area contributed by atoms with Crippen molar-refractivity contribution in [1.82, 2.24) is 15.2 Å². The molecule has 2 aromatic carbocycles. The summed E-state index contributed by atoms with van der Waals surface area (Å²) in [6, 6.07) is 14.5. The van der Waals surface area contributed by atoms with Crippen molar-refractivity contribution in [3.8, 4) is 0 Å². The number of para-hydroxylation sites is 1. The highest BCUT2D eigenvalue weighted by Gasteiger charge is 2.47. The quantitative estimate of drug-likeness (QED) is 0.630. The second-order valence-electron chi connectivity index (χ2n) is 7.88. The van der Waals surface area contributed by atoms with Gasteiger partial charge in [-0.15, -0.1) is 11.3 Å². The van der Waals surface area contributed by atoms with Gasteiger partial charge in [0, 0.05) is 48.1 Å². The van der Waals surface area contributed by atoms with Crippen molar-refractivity contribution in [3.63, 3.8) is 0 Å². The molecule has 1 atom stereocenters. The average molecular weight is 447 g/mol. The van der Waals surface area contributed by atoms with E-state index in [1.54, 1.807) is 45.4 Å². The molecule has 0 fully saturated rings. The predicted molar refractivity (Wildman–Crippen MR) is 122 cm³/mol. The third-order valence-electron chi connectivity index (χ3n) is 5.79. The maximum Gasteiger partial charge on any atom is 0.260 e. The Balaban J connectivity index is 1.33. The maximum atomic E-state index is 13.3. The highest BCUT2D eigenvalue weighted by Crippen LogP contribution is 2.45. The number of carbonyl (C=O) groups is 3. The van der Waals surface area contributed by atoms with Gasteiger partial charge in [-0.2, -0.15) is 0 Å². The zero-order chi connectivity index (χ0) is 22.2. The van der Waals surface area contributed by atoms with Gasteiger partial charge in [0.2, 0.25) is 5.91 Å². The molecule has 0 saturated carbocycles. The molecule has 7 nitrogen and oxygen atoms in total. The van der Waals surface area contributed by atoms with Crippen LogP contribution < -0.4 is 10.2 Å². The second kappa shape index (κ2) is 8.20. The molecule has 5 rings (SSSR count). The van der Waals surface area contributed by atoms with Crippen LogP contribution in [0.5, 0.6) is 0 Å². The van der Waals surface area contributed by atoms with Crippen LogP contribution >= 0.6 is 11.3 Å². The van der Waals surface area contributed by atoms with Crippen molar-refractivity contribution in [3.05, 3.63) is 81.3 Å². The van der Waals surface area contributed by atoms with Crippen LogP contribution in [-0.2, 0) is 11.2 Å². The summed E-state index contributed by atoms with van der Waals surface area (Å²) in [5, 5.41) is 5.89. The lowest BCUT2D eigenvalue weighted by molar-refractivity contribution is -0.121. The van der Waals surface area contributed by atoms with Crippen LogP contribution in [-0.4, -0.2) is 40.7 Å². The molecule has 3 amide bonds. The van der Waals surface area contributed by atoms with Crippen LogP contribution in [0, 0.1) is 6.92 Å². The molecule has 1 N–H and O–H groups in total. The average Bonchev–Trinajstić information content (AvgIpc) is 3.35. The summed E-state index contributed by atoms with van der Waals surface area (Å²) < 4.78 is 0.